The average Bonchev–Trinajstić information content (AvgIpc) is 2.44. The van der Waals surface area contributed by atoms with Crippen molar-refractivity contribution in [3.05, 3.63) is 29.8 Å². The van der Waals surface area contributed by atoms with Crippen LogP contribution in [0.5, 0.6) is 0 Å². The van der Waals surface area contributed by atoms with Crippen molar-refractivity contribution in [2.24, 2.45) is 0 Å². The predicted molar refractivity (Wildman–Crippen MR) is 84.6 cm³/mol. The molecule has 2 nitrogen and oxygen atoms in total. The van der Waals surface area contributed by atoms with Gasteiger partial charge in [0.25, 0.3) is 0 Å². The lowest BCUT2D eigenvalue weighted by Crippen LogP contribution is -2.51. The lowest BCUT2D eigenvalue weighted by atomic mass is 10.2. The van der Waals surface area contributed by atoms with Crippen LogP contribution in [0.15, 0.2) is 24.3 Å². The minimum absolute atomic E-state index is 0.659. The van der Waals surface area contributed by atoms with Gasteiger partial charge in [0.05, 0.1) is 0 Å². The van der Waals surface area contributed by atoms with Gasteiger partial charge in [-0.3, -0.25) is 0 Å². The zero-order valence-corrected chi connectivity index (χ0v) is 14.0. The summed E-state index contributed by atoms with van der Waals surface area (Å²) in [6, 6.07) is 8.54. The third-order valence-corrected chi connectivity index (χ3v) is 6.11. The summed E-state index contributed by atoms with van der Waals surface area (Å²) < 4.78 is 12.1. The third-order valence-electron chi connectivity index (χ3n) is 3.02. The molecule has 1 aromatic rings. The quantitative estimate of drug-likeness (QED) is 0.512. The van der Waals surface area contributed by atoms with Crippen molar-refractivity contribution in [3.63, 3.8) is 0 Å². The molecule has 0 saturated heterocycles. The van der Waals surface area contributed by atoms with Crippen molar-refractivity contribution >= 4 is 25.3 Å². The van der Waals surface area contributed by atoms with E-state index in [1.165, 1.54) is 10.8 Å². The van der Waals surface area contributed by atoms with Gasteiger partial charge in [0, 0.05) is 19.1 Å². The van der Waals surface area contributed by atoms with Crippen LogP contribution < -0.4 is 5.19 Å². The van der Waals surface area contributed by atoms with Gasteiger partial charge in [0.1, 0.15) is 0 Å². The highest BCUT2D eigenvalue weighted by Gasteiger charge is 2.33. The number of alkyl halides is 1. The van der Waals surface area contributed by atoms with Crippen molar-refractivity contribution in [2.45, 2.75) is 39.7 Å². The Bertz CT molecular complexity index is 346. The summed E-state index contributed by atoms with van der Waals surface area (Å²) >= 11 is 5.76. The van der Waals surface area contributed by atoms with Crippen LogP contribution in [0.3, 0.4) is 0 Å². The molecule has 1 rings (SSSR count). The fourth-order valence-corrected chi connectivity index (χ4v) is 4.48. The zero-order valence-electron chi connectivity index (χ0n) is 12.2. The highest BCUT2D eigenvalue weighted by molar-refractivity contribution is 6.79. The fourth-order valence-electron chi connectivity index (χ4n) is 1.89. The Morgan fingerprint density at radius 3 is 1.95 bits per heavy atom. The molecule has 1 aromatic carbocycles. The topological polar surface area (TPSA) is 18.5 Å². The second-order valence-electron chi connectivity index (χ2n) is 4.78. The van der Waals surface area contributed by atoms with E-state index < -0.39 is 8.56 Å². The average molecular weight is 301 g/mol. The van der Waals surface area contributed by atoms with Gasteiger partial charge in [-0.25, -0.2) is 0 Å². The Kier molecular flexibility index (Phi) is 7.69. The van der Waals surface area contributed by atoms with E-state index in [0.717, 1.165) is 32.5 Å². The van der Waals surface area contributed by atoms with Gasteiger partial charge < -0.3 is 8.85 Å². The van der Waals surface area contributed by atoms with Crippen LogP contribution >= 0.6 is 11.6 Å². The minimum atomic E-state index is -2.25. The number of rotatable bonds is 9. The molecule has 0 aliphatic heterocycles. The first-order valence-corrected chi connectivity index (χ1v) is 9.94. The molecule has 0 unspecified atom stereocenters. The summed E-state index contributed by atoms with van der Waals surface area (Å²) in [5, 5.41) is 1.20. The Labute approximate surface area is 123 Å². The largest absolute Gasteiger partial charge is 0.391 e. The van der Waals surface area contributed by atoms with Crippen molar-refractivity contribution in [1.82, 2.24) is 0 Å². The summed E-state index contributed by atoms with van der Waals surface area (Å²) in [4.78, 5) is 0. The second kappa shape index (κ2) is 8.75. The molecule has 0 aliphatic carbocycles. The molecule has 0 N–H and O–H groups in total. The van der Waals surface area contributed by atoms with Crippen LogP contribution in [-0.2, 0) is 15.3 Å². The summed E-state index contributed by atoms with van der Waals surface area (Å²) in [5.74, 6) is 0.659. The maximum atomic E-state index is 6.06. The lowest BCUT2D eigenvalue weighted by molar-refractivity contribution is 0.185. The number of hydrogen-bond acceptors (Lipinski definition) is 2. The van der Waals surface area contributed by atoms with E-state index in [2.05, 4.69) is 44.7 Å². The van der Waals surface area contributed by atoms with Crippen molar-refractivity contribution < 1.29 is 8.85 Å². The van der Waals surface area contributed by atoms with Gasteiger partial charge in [0.2, 0.25) is 0 Å². The van der Waals surface area contributed by atoms with Crippen LogP contribution in [0.2, 0.25) is 6.55 Å². The highest BCUT2D eigenvalue weighted by Crippen LogP contribution is 2.11. The van der Waals surface area contributed by atoms with E-state index in [4.69, 9.17) is 20.5 Å². The molecule has 19 heavy (non-hydrogen) atoms. The normalized spacial score (nSPS) is 11.8. The van der Waals surface area contributed by atoms with E-state index in [9.17, 15) is 0 Å². The molecule has 0 aliphatic rings. The standard InChI is InChI=1S/C15H25ClO2Si/c1-4-12-17-19(3,18-13-5-2)15-8-6-14(7-9-15)10-11-16/h6-9H,4-5,10-13H2,1-3H3. The first-order valence-electron chi connectivity index (χ1n) is 7.09. The molecular formula is C15H25ClO2Si. The maximum Gasteiger partial charge on any atom is 0.369 e. The van der Waals surface area contributed by atoms with Crippen LogP contribution in [-0.4, -0.2) is 27.7 Å². The SMILES string of the molecule is CCCO[Si](C)(OCCC)c1ccc(CCCl)cc1. The third kappa shape index (κ3) is 5.26. The molecule has 0 amide bonds. The Hall–Kier alpha value is -0.353. The van der Waals surface area contributed by atoms with Gasteiger partial charge >= 0.3 is 8.56 Å². The van der Waals surface area contributed by atoms with Gasteiger partial charge in [-0.2, -0.15) is 0 Å². The molecule has 0 heterocycles. The van der Waals surface area contributed by atoms with E-state index in [1.807, 2.05) is 0 Å². The molecule has 0 aromatic heterocycles. The van der Waals surface area contributed by atoms with Gasteiger partial charge in [-0.1, -0.05) is 38.1 Å². The van der Waals surface area contributed by atoms with E-state index >= 15 is 0 Å². The van der Waals surface area contributed by atoms with Crippen molar-refractivity contribution in [3.8, 4) is 0 Å². The maximum absolute atomic E-state index is 6.06. The first kappa shape index (κ1) is 16.7. The summed E-state index contributed by atoms with van der Waals surface area (Å²) in [7, 11) is -2.25. The molecular weight excluding hydrogens is 276 g/mol. The number of halogens is 1. The molecule has 108 valence electrons. The number of aryl methyl sites for hydroxylation is 1. The number of hydrogen-bond donors (Lipinski definition) is 0. The summed E-state index contributed by atoms with van der Waals surface area (Å²) in [6.07, 6.45) is 2.94. The molecule has 4 heteroatoms. The summed E-state index contributed by atoms with van der Waals surface area (Å²) in [5.41, 5.74) is 1.26. The zero-order chi connectivity index (χ0) is 14.1. The van der Waals surface area contributed by atoms with E-state index in [0.29, 0.717) is 5.88 Å². The molecule has 0 spiro atoms. The van der Waals surface area contributed by atoms with Crippen LogP contribution in [0.1, 0.15) is 32.3 Å². The summed E-state index contributed by atoms with van der Waals surface area (Å²) in [6.45, 7) is 7.90. The lowest BCUT2D eigenvalue weighted by Gasteiger charge is -2.27. The van der Waals surface area contributed by atoms with E-state index in [1.54, 1.807) is 0 Å². The minimum Gasteiger partial charge on any atom is -0.391 e. The smallest absolute Gasteiger partial charge is 0.369 e. The Balaban J connectivity index is 2.83. The first-order chi connectivity index (χ1) is 9.16. The van der Waals surface area contributed by atoms with Crippen LogP contribution in [0, 0.1) is 0 Å². The Morgan fingerprint density at radius 2 is 1.53 bits per heavy atom. The highest BCUT2D eigenvalue weighted by atomic mass is 35.5. The van der Waals surface area contributed by atoms with Crippen molar-refractivity contribution in [2.75, 3.05) is 19.1 Å². The van der Waals surface area contributed by atoms with E-state index in [-0.39, 0.29) is 0 Å². The monoisotopic (exact) mass is 300 g/mol. The molecule has 0 bridgehead atoms. The predicted octanol–water partition coefficient (Wildman–Crippen LogP) is 3.60. The Morgan fingerprint density at radius 1 is 1.00 bits per heavy atom. The molecule has 0 atom stereocenters. The van der Waals surface area contributed by atoms with Gasteiger partial charge in [-0.15, -0.1) is 11.6 Å². The molecule has 0 saturated carbocycles. The molecule has 0 fully saturated rings. The van der Waals surface area contributed by atoms with Crippen LogP contribution in [0.4, 0.5) is 0 Å². The van der Waals surface area contributed by atoms with Gasteiger partial charge in [0.15, 0.2) is 0 Å². The van der Waals surface area contributed by atoms with Crippen molar-refractivity contribution in [1.29, 1.82) is 0 Å². The molecule has 0 radical (unpaired) electrons. The number of benzene rings is 1. The fraction of sp³-hybridized carbons (Fsp3) is 0.600. The van der Waals surface area contributed by atoms with Gasteiger partial charge in [-0.05, 0) is 36.6 Å². The second-order valence-corrected chi connectivity index (χ2v) is 8.20. The van der Waals surface area contributed by atoms with Crippen LogP contribution in [0.25, 0.3) is 0 Å².